The summed E-state index contributed by atoms with van der Waals surface area (Å²) in [5, 5.41) is 2.96. The molecule has 0 atom stereocenters. The van der Waals surface area contributed by atoms with Crippen molar-refractivity contribution >= 4 is 23.1 Å². The van der Waals surface area contributed by atoms with Crippen LogP contribution in [0.3, 0.4) is 0 Å². The minimum Gasteiger partial charge on any atom is -0.391 e. The second kappa shape index (κ2) is 6.31. The van der Waals surface area contributed by atoms with Crippen LogP contribution >= 0.6 is 12.2 Å². The summed E-state index contributed by atoms with van der Waals surface area (Å²) >= 11 is 5.12. The third-order valence-corrected chi connectivity index (χ3v) is 3.81. The van der Waals surface area contributed by atoms with E-state index in [1.807, 2.05) is 6.92 Å². The first-order valence-electron chi connectivity index (χ1n) is 6.19. The molecule has 1 amide bonds. The fourth-order valence-corrected chi connectivity index (χ4v) is 2.44. The molecule has 1 fully saturated rings. The zero-order valence-corrected chi connectivity index (χ0v) is 11.4. The molecule has 1 rings (SSSR count). The van der Waals surface area contributed by atoms with Crippen LogP contribution < -0.4 is 11.1 Å². The maximum absolute atomic E-state index is 11.7. The zero-order valence-electron chi connectivity index (χ0n) is 10.6. The second-order valence-electron chi connectivity index (χ2n) is 4.81. The fourth-order valence-electron chi connectivity index (χ4n) is 2.19. The number of carbonyl (C=O) groups excluding carboxylic acids is 1. The van der Waals surface area contributed by atoms with Gasteiger partial charge in [-0.05, 0) is 38.5 Å². The van der Waals surface area contributed by atoms with Crippen molar-refractivity contribution in [3.05, 3.63) is 0 Å². The Kier molecular flexibility index (Phi) is 5.33. The summed E-state index contributed by atoms with van der Waals surface area (Å²) in [4.78, 5) is 12.1. The van der Waals surface area contributed by atoms with Crippen LogP contribution in [-0.2, 0) is 9.53 Å². The molecule has 1 saturated carbocycles. The van der Waals surface area contributed by atoms with Crippen LogP contribution in [-0.4, -0.2) is 29.6 Å². The Balaban J connectivity index is 2.60. The zero-order chi connectivity index (χ0) is 12.9. The molecular formula is C12H22N2O2S. The van der Waals surface area contributed by atoms with Crippen molar-refractivity contribution in [3.8, 4) is 0 Å². The van der Waals surface area contributed by atoms with Gasteiger partial charge >= 0.3 is 0 Å². The Bertz CT molecular complexity index is 286. The largest absolute Gasteiger partial charge is 0.391 e. The molecule has 0 saturated heterocycles. The molecule has 0 radical (unpaired) electrons. The van der Waals surface area contributed by atoms with Crippen LogP contribution in [0.15, 0.2) is 0 Å². The molecule has 0 bridgehead atoms. The molecular weight excluding hydrogens is 236 g/mol. The van der Waals surface area contributed by atoms with Crippen molar-refractivity contribution in [2.45, 2.75) is 45.1 Å². The number of thiocarbonyl (C=S) groups is 1. The molecule has 0 aromatic rings. The van der Waals surface area contributed by atoms with E-state index in [0.717, 1.165) is 25.7 Å². The topological polar surface area (TPSA) is 64.3 Å². The number of ether oxygens (including phenoxy) is 1. The van der Waals surface area contributed by atoms with E-state index in [2.05, 4.69) is 12.2 Å². The summed E-state index contributed by atoms with van der Waals surface area (Å²) in [6.45, 7) is 4.69. The van der Waals surface area contributed by atoms with Gasteiger partial charge in [0.25, 0.3) is 0 Å². The lowest BCUT2D eigenvalue weighted by Gasteiger charge is -2.39. The first kappa shape index (κ1) is 14.4. The van der Waals surface area contributed by atoms with E-state index in [1.165, 1.54) is 0 Å². The first-order valence-corrected chi connectivity index (χ1v) is 6.59. The molecule has 1 aliphatic carbocycles. The van der Waals surface area contributed by atoms with Gasteiger partial charge in [0.05, 0.1) is 10.5 Å². The molecule has 0 spiro atoms. The van der Waals surface area contributed by atoms with Crippen molar-refractivity contribution in [2.75, 3.05) is 13.2 Å². The van der Waals surface area contributed by atoms with Gasteiger partial charge in [0, 0.05) is 6.61 Å². The van der Waals surface area contributed by atoms with Crippen LogP contribution in [0, 0.1) is 5.92 Å². The number of carbonyl (C=O) groups is 1. The summed E-state index contributed by atoms with van der Waals surface area (Å²) in [5.74, 6) is 0.551. The van der Waals surface area contributed by atoms with Gasteiger partial charge in [-0.1, -0.05) is 19.1 Å². The first-order chi connectivity index (χ1) is 8.00. The number of amides is 1. The molecule has 0 heterocycles. The lowest BCUT2D eigenvalue weighted by molar-refractivity contribution is -0.127. The van der Waals surface area contributed by atoms with Gasteiger partial charge in [-0.25, -0.2) is 0 Å². The third-order valence-electron chi connectivity index (χ3n) is 3.42. The van der Waals surface area contributed by atoms with Crippen molar-refractivity contribution < 1.29 is 9.53 Å². The monoisotopic (exact) mass is 258 g/mol. The molecule has 0 unspecified atom stereocenters. The number of nitrogens with one attached hydrogen (secondary N) is 1. The summed E-state index contributed by atoms with van der Waals surface area (Å²) in [6.07, 6.45) is 3.77. The van der Waals surface area contributed by atoms with Gasteiger partial charge in [0.2, 0.25) is 5.91 Å². The normalized spacial score (nSPS) is 28.7. The van der Waals surface area contributed by atoms with E-state index in [1.54, 1.807) is 0 Å². The summed E-state index contributed by atoms with van der Waals surface area (Å²) in [5.41, 5.74) is 5.31. The fraction of sp³-hybridized carbons (Fsp3) is 0.833. The molecule has 0 aromatic carbocycles. The molecule has 0 aliphatic heterocycles. The molecule has 4 nitrogen and oxygen atoms in total. The number of hydrogen-bond acceptors (Lipinski definition) is 3. The van der Waals surface area contributed by atoms with Gasteiger partial charge in [-0.3, -0.25) is 4.79 Å². The molecule has 0 aromatic heterocycles. The van der Waals surface area contributed by atoms with Crippen molar-refractivity contribution in [3.63, 3.8) is 0 Å². The minimum absolute atomic E-state index is 0.0798. The highest BCUT2D eigenvalue weighted by atomic mass is 32.1. The highest BCUT2D eigenvalue weighted by Crippen LogP contribution is 2.32. The van der Waals surface area contributed by atoms with E-state index in [4.69, 9.17) is 22.7 Å². The van der Waals surface area contributed by atoms with Crippen molar-refractivity contribution in [1.29, 1.82) is 0 Å². The van der Waals surface area contributed by atoms with E-state index in [-0.39, 0.29) is 12.5 Å². The van der Waals surface area contributed by atoms with Crippen LogP contribution in [0.2, 0.25) is 0 Å². The van der Waals surface area contributed by atoms with Crippen LogP contribution in [0.1, 0.15) is 39.5 Å². The second-order valence-corrected chi connectivity index (χ2v) is 5.25. The Morgan fingerprint density at radius 2 is 2.12 bits per heavy atom. The van der Waals surface area contributed by atoms with Gasteiger partial charge in [-0.2, -0.15) is 0 Å². The van der Waals surface area contributed by atoms with Crippen LogP contribution in [0.25, 0.3) is 0 Å². The van der Waals surface area contributed by atoms with Gasteiger partial charge in [0.15, 0.2) is 0 Å². The molecule has 98 valence electrons. The molecule has 1 aliphatic rings. The summed E-state index contributed by atoms with van der Waals surface area (Å²) < 4.78 is 5.09. The quantitative estimate of drug-likeness (QED) is 0.731. The highest BCUT2D eigenvalue weighted by molar-refractivity contribution is 7.80. The molecule has 17 heavy (non-hydrogen) atoms. The third kappa shape index (κ3) is 3.92. The van der Waals surface area contributed by atoms with Gasteiger partial charge in [0.1, 0.15) is 6.61 Å². The van der Waals surface area contributed by atoms with E-state index >= 15 is 0 Å². The van der Waals surface area contributed by atoms with Gasteiger partial charge in [-0.15, -0.1) is 0 Å². The Hall–Kier alpha value is -0.680. The molecule has 3 N–H and O–H groups in total. The Morgan fingerprint density at radius 1 is 1.53 bits per heavy atom. The number of rotatable bonds is 5. The van der Waals surface area contributed by atoms with Crippen LogP contribution in [0.4, 0.5) is 0 Å². The Morgan fingerprint density at radius 3 is 2.59 bits per heavy atom. The lowest BCUT2D eigenvalue weighted by atomic mass is 9.77. The summed E-state index contributed by atoms with van der Waals surface area (Å²) in [6, 6.07) is 0. The summed E-state index contributed by atoms with van der Waals surface area (Å²) in [7, 11) is 0. The smallest absolute Gasteiger partial charge is 0.246 e. The van der Waals surface area contributed by atoms with Crippen molar-refractivity contribution in [1.82, 2.24) is 5.32 Å². The predicted molar refractivity (Wildman–Crippen MR) is 71.8 cm³/mol. The van der Waals surface area contributed by atoms with E-state index in [0.29, 0.717) is 17.5 Å². The maximum Gasteiger partial charge on any atom is 0.246 e. The van der Waals surface area contributed by atoms with Gasteiger partial charge < -0.3 is 15.8 Å². The minimum atomic E-state index is -0.490. The van der Waals surface area contributed by atoms with E-state index < -0.39 is 5.54 Å². The average Bonchev–Trinajstić information content (AvgIpc) is 2.29. The average molecular weight is 258 g/mol. The highest BCUT2D eigenvalue weighted by Gasteiger charge is 2.38. The maximum atomic E-state index is 11.7. The van der Waals surface area contributed by atoms with Crippen LogP contribution in [0.5, 0.6) is 0 Å². The number of hydrogen-bond donors (Lipinski definition) is 2. The SMILES string of the molecule is CCOCC(=O)NC1(C(N)=S)CCC(C)CC1. The lowest BCUT2D eigenvalue weighted by Crippen LogP contribution is -2.59. The standard InChI is InChI=1S/C12H22N2O2S/c1-3-16-8-10(15)14-12(11(13)17)6-4-9(2)5-7-12/h9H,3-8H2,1-2H3,(H2,13,17)(H,14,15). The molecule has 5 heteroatoms. The van der Waals surface area contributed by atoms with E-state index in [9.17, 15) is 4.79 Å². The predicted octanol–water partition coefficient (Wildman–Crippen LogP) is 1.37. The Labute approximate surface area is 108 Å². The number of nitrogens with two attached hydrogens (primary N) is 1. The van der Waals surface area contributed by atoms with Crippen molar-refractivity contribution in [2.24, 2.45) is 11.7 Å².